The normalized spacial score (nSPS) is 12.3. The molecule has 2 atom stereocenters. The van der Waals surface area contributed by atoms with Crippen molar-refractivity contribution >= 4 is 21.5 Å². The zero-order chi connectivity index (χ0) is 32.1. The van der Waals surface area contributed by atoms with E-state index in [1.54, 1.807) is 0 Å². The molecule has 0 heterocycles. The van der Waals surface area contributed by atoms with Gasteiger partial charge in [0.05, 0.1) is 0 Å². The molecule has 0 radical (unpaired) electrons. The van der Waals surface area contributed by atoms with Gasteiger partial charge in [0.1, 0.15) is 0 Å². The molecule has 5 rings (SSSR count). The van der Waals surface area contributed by atoms with Crippen LogP contribution in [0, 0.1) is 35.5 Å². The molecular weight excluding hydrogens is 553 g/mol. The molecule has 5 aromatic carbocycles. The van der Waals surface area contributed by atoms with Crippen molar-refractivity contribution < 1.29 is 0 Å². The standard InChI is InChI=1S/C46H50/c1-5-9-15-35(7-3)33-39-25-21-37(22-26-39)29-31-45-41-17-11-13-19-43(41)46(44-20-14-12-18-42(44)45)32-30-38-23-27-40(28-24-38)34-36(8-4)16-10-6-2/h11-14,17-28,35-36H,5-10,15-16,33-34H2,1-4H3. The van der Waals surface area contributed by atoms with Gasteiger partial charge in [0, 0.05) is 22.3 Å². The van der Waals surface area contributed by atoms with Gasteiger partial charge in [-0.1, -0.05) is 176 Å². The Labute approximate surface area is 278 Å². The fourth-order valence-corrected chi connectivity index (χ4v) is 6.67. The highest BCUT2D eigenvalue weighted by Gasteiger charge is 2.12. The lowest BCUT2D eigenvalue weighted by Gasteiger charge is -2.14. The average Bonchev–Trinajstić information content (AvgIpc) is 3.11. The molecule has 0 aromatic heterocycles. The van der Waals surface area contributed by atoms with Gasteiger partial charge in [-0.3, -0.25) is 0 Å². The summed E-state index contributed by atoms with van der Waals surface area (Å²) in [5, 5.41) is 4.63. The molecule has 2 unspecified atom stereocenters. The summed E-state index contributed by atoms with van der Waals surface area (Å²) in [6, 6.07) is 35.1. The highest BCUT2D eigenvalue weighted by molar-refractivity contribution is 6.09. The fourth-order valence-electron chi connectivity index (χ4n) is 6.67. The molecule has 0 saturated carbocycles. The molecule has 234 valence electrons. The second-order valence-electron chi connectivity index (χ2n) is 13.0. The van der Waals surface area contributed by atoms with E-state index >= 15 is 0 Å². The van der Waals surface area contributed by atoms with E-state index in [2.05, 4.69) is 148 Å². The zero-order valence-electron chi connectivity index (χ0n) is 28.5. The van der Waals surface area contributed by atoms with Crippen LogP contribution in [0.5, 0.6) is 0 Å². The van der Waals surface area contributed by atoms with Gasteiger partial charge in [0.2, 0.25) is 0 Å². The van der Waals surface area contributed by atoms with Crippen LogP contribution < -0.4 is 0 Å². The molecule has 5 aromatic rings. The first-order valence-corrected chi connectivity index (χ1v) is 17.8. The van der Waals surface area contributed by atoms with Crippen molar-refractivity contribution in [1.82, 2.24) is 0 Å². The Bertz CT molecular complexity index is 1640. The summed E-state index contributed by atoms with van der Waals surface area (Å²) in [6.07, 6.45) is 12.6. The first-order valence-electron chi connectivity index (χ1n) is 17.8. The topological polar surface area (TPSA) is 0 Å². The lowest BCUT2D eigenvalue weighted by molar-refractivity contribution is 0.449. The Hall–Kier alpha value is -4.26. The minimum absolute atomic E-state index is 0.768. The molecule has 0 aliphatic heterocycles. The number of unbranched alkanes of at least 4 members (excludes halogenated alkanes) is 2. The van der Waals surface area contributed by atoms with Crippen LogP contribution in [-0.2, 0) is 12.8 Å². The maximum absolute atomic E-state index is 3.59. The third kappa shape index (κ3) is 8.51. The summed E-state index contributed by atoms with van der Waals surface area (Å²) in [5.74, 6) is 15.7. The molecule has 0 spiro atoms. The van der Waals surface area contributed by atoms with Crippen LogP contribution in [0.15, 0.2) is 97.1 Å². The van der Waals surface area contributed by atoms with Gasteiger partial charge in [0.25, 0.3) is 0 Å². The molecule has 0 heteroatoms. The smallest absolute Gasteiger partial charge is 0.0406 e. The first-order chi connectivity index (χ1) is 22.6. The largest absolute Gasteiger partial charge is 0.0654 e. The highest BCUT2D eigenvalue weighted by Crippen LogP contribution is 2.32. The summed E-state index contributed by atoms with van der Waals surface area (Å²) in [6.45, 7) is 9.20. The SMILES string of the molecule is CCCCC(CC)Cc1ccc(C#Cc2c3ccccc3c(C#Cc3ccc(CC(CC)CCCC)cc3)c3ccccc23)cc1. The first kappa shape index (κ1) is 33.1. The van der Waals surface area contributed by atoms with Gasteiger partial charge in [0.15, 0.2) is 0 Å². The summed E-state index contributed by atoms with van der Waals surface area (Å²) >= 11 is 0. The van der Waals surface area contributed by atoms with E-state index in [9.17, 15) is 0 Å². The zero-order valence-corrected chi connectivity index (χ0v) is 28.5. The molecule has 0 amide bonds. The minimum atomic E-state index is 0.768. The van der Waals surface area contributed by atoms with Crippen LogP contribution in [-0.4, -0.2) is 0 Å². The predicted molar refractivity (Wildman–Crippen MR) is 200 cm³/mol. The van der Waals surface area contributed by atoms with Crippen LogP contribution in [0.1, 0.15) is 112 Å². The van der Waals surface area contributed by atoms with E-state index in [4.69, 9.17) is 0 Å². The second kappa shape index (κ2) is 16.9. The van der Waals surface area contributed by atoms with Gasteiger partial charge < -0.3 is 0 Å². The summed E-state index contributed by atoms with van der Waals surface area (Å²) in [7, 11) is 0. The maximum atomic E-state index is 3.59. The fraction of sp³-hybridized carbons (Fsp3) is 0.348. The highest BCUT2D eigenvalue weighted by atomic mass is 14.1. The number of hydrogen-bond donors (Lipinski definition) is 0. The third-order valence-electron chi connectivity index (χ3n) is 9.64. The molecule has 0 aliphatic carbocycles. The lowest BCUT2D eigenvalue weighted by Crippen LogP contribution is -2.03. The van der Waals surface area contributed by atoms with Crippen molar-refractivity contribution in [1.29, 1.82) is 0 Å². The van der Waals surface area contributed by atoms with E-state index in [0.29, 0.717) is 0 Å². The van der Waals surface area contributed by atoms with E-state index in [1.165, 1.54) is 62.5 Å². The Morgan fingerprint density at radius 3 is 1.09 bits per heavy atom. The van der Waals surface area contributed by atoms with Gasteiger partial charge in [-0.2, -0.15) is 0 Å². The summed E-state index contributed by atoms with van der Waals surface area (Å²) in [5.41, 5.74) is 7.09. The van der Waals surface area contributed by atoms with E-state index in [0.717, 1.165) is 68.5 Å². The number of rotatable bonds is 12. The predicted octanol–water partition coefficient (Wildman–Crippen LogP) is 12.3. The summed E-state index contributed by atoms with van der Waals surface area (Å²) in [4.78, 5) is 0. The van der Waals surface area contributed by atoms with Gasteiger partial charge in [-0.05, 0) is 81.6 Å². The Balaban J connectivity index is 1.44. The van der Waals surface area contributed by atoms with Crippen molar-refractivity contribution in [2.75, 3.05) is 0 Å². The average molecular weight is 603 g/mol. The van der Waals surface area contributed by atoms with Gasteiger partial charge in [-0.15, -0.1) is 0 Å². The van der Waals surface area contributed by atoms with Gasteiger partial charge in [-0.25, -0.2) is 0 Å². The van der Waals surface area contributed by atoms with Crippen molar-refractivity contribution in [3.8, 4) is 23.7 Å². The maximum Gasteiger partial charge on any atom is 0.0406 e. The molecule has 0 fully saturated rings. The third-order valence-corrected chi connectivity index (χ3v) is 9.64. The molecular formula is C46H50. The van der Waals surface area contributed by atoms with Crippen LogP contribution in [0.25, 0.3) is 21.5 Å². The van der Waals surface area contributed by atoms with E-state index < -0.39 is 0 Å². The van der Waals surface area contributed by atoms with Crippen LogP contribution in [0.2, 0.25) is 0 Å². The van der Waals surface area contributed by atoms with Crippen molar-refractivity contribution in [3.05, 3.63) is 130 Å². The molecule has 0 aliphatic rings. The molecule has 0 bridgehead atoms. The van der Waals surface area contributed by atoms with Crippen LogP contribution in [0.4, 0.5) is 0 Å². The second-order valence-corrected chi connectivity index (χ2v) is 13.0. The molecule has 0 nitrogen and oxygen atoms in total. The Kier molecular flexibility index (Phi) is 12.2. The van der Waals surface area contributed by atoms with Crippen molar-refractivity contribution in [3.63, 3.8) is 0 Å². The number of benzene rings is 5. The number of fused-ring (bicyclic) bond motifs is 2. The number of hydrogen-bond acceptors (Lipinski definition) is 0. The van der Waals surface area contributed by atoms with E-state index in [1.807, 2.05) is 0 Å². The van der Waals surface area contributed by atoms with Crippen LogP contribution in [0.3, 0.4) is 0 Å². The van der Waals surface area contributed by atoms with Crippen molar-refractivity contribution in [2.24, 2.45) is 11.8 Å². The minimum Gasteiger partial charge on any atom is -0.0654 e. The van der Waals surface area contributed by atoms with Crippen molar-refractivity contribution in [2.45, 2.75) is 91.9 Å². The van der Waals surface area contributed by atoms with Crippen LogP contribution >= 0.6 is 0 Å². The Morgan fingerprint density at radius 1 is 0.435 bits per heavy atom. The molecule has 0 saturated heterocycles. The lowest BCUT2D eigenvalue weighted by atomic mass is 9.91. The monoisotopic (exact) mass is 602 g/mol. The molecule has 46 heavy (non-hydrogen) atoms. The van der Waals surface area contributed by atoms with E-state index in [-0.39, 0.29) is 0 Å². The molecule has 0 N–H and O–H groups in total. The summed E-state index contributed by atoms with van der Waals surface area (Å²) < 4.78 is 0. The Morgan fingerprint density at radius 2 is 0.783 bits per heavy atom. The van der Waals surface area contributed by atoms with Gasteiger partial charge >= 0.3 is 0 Å². The quantitative estimate of drug-likeness (QED) is 0.0984.